The molecule has 1 N–H and O–H groups in total. The highest BCUT2D eigenvalue weighted by molar-refractivity contribution is 7.71. The number of amides is 2. The number of nitrogens with zero attached hydrogens (tertiary/aromatic N) is 4. The number of rotatable bonds is 6. The minimum atomic E-state index is -0.0405. The molecule has 1 aliphatic rings. The van der Waals surface area contributed by atoms with E-state index >= 15 is 0 Å². The molecule has 1 aliphatic heterocycles. The van der Waals surface area contributed by atoms with Crippen molar-refractivity contribution in [3.63, 3.8) is 0 Å². The summed E-state index contributed by atoms with van der Waals surface area (Å²) in [7, 11) is 1.61. The fraction of sp³-hybridized carbons (Fsp3) is 0.333. The Morgan fingerprint density at radius 3 is 2.42 bits per heavy atom. The first-order valence-corrected chi connectivity index (χ1v) is 11.3. The van der Waals surface area contributed by atoms with Gasteiger partial charge in [-0.15, -0.1) is 0 Å². The second-order valence-electron chi connectivity index (χ2n) is 8.10. The number of H-pyrrole nitrogens is 1. The lowest BCUT2D eigenvalue weighted by Gasteiger charge is -2.35. The molecule has 0 bridgehead atoms. The van der Waals surface area contributed by atoms with Crippen LogP contribution in [0.25, 0.3) is 11.4 Å². The lowest BCUT2D eigenvalue weighted by Crippen LogP contribution is -2.51. The molecule has 0 spiro atoms. The van der Waals surface area contributed by atoms with Crippen molar-refractivity contribution < 1.29 is 14.3 Å². The highest BCUT2D eigenvalue weighted by Gasteiger charge is 2.25. The SMILES string of the molecule is COc1cccc(CC(=O)N2CCN(C(=O)Cn3c(-c4cccc(C)c4)n[nH]c3=S)CC2)c1. The molecular formula is C24H27N5O3S. The fourth-order valence-corrected chi connectivity index (χ4v) is 4.17. The number of methoxy groups -OCH3 is 1. The van der Waals surface area contributed by atoms with E-state index in [4.69, 9.17) is 17.0 Å². The van der Waals surface area contributed by atoms with Gasteiger partial charge in [-0.3, -0.25) is 19.3 Å². The van der Waals surface area contributed by atoms with Crippen molar-refractivity contribution in [3.05, 3.63) is 64.4 Å². The summed E-state index contributed by atoms with van der Waals surface area (Å²) >= 11 is 5.37. The zero-order chi connectivity index (χ0) is 23.4. The summed E-state index contributed by atoms with van der Waals surface area (Å²) in [6.45, 7) is 4.12. The molecule has 0 radical (unpaired) electrons. The topological polar surface area (TPSA) is 83.5 Å². The first-order chi connectivity index (χ1) is 15.9. The summed E-state index contributed by atoms with van der Waals surface area (Å²) in [5.41, 5.74) is 2.92. The maximum atomic E-state index is 13.0. The van der Waals surface area contributed by atoms with Crippen LogP contribution in [-0.2, 0) is 22.6 Å². The van der Waals surface area contributed by atoms with Crippen molar-refractivity contribution in [2.45, 2.75) is 19.9 Å². The number of benzene rings is 2. The summed E-state index contributed by atoms with van der Waals surface area (Å²) in [4.78, 5) is 29.3. The van der Waals surface area contributed by atoms with E-state index in [-0.39, 0.29) is 18.4 Å². The van der Waals surface area contributed by atoms with Crippen LogP contribution < -0.4 is 4.74 Å². The van der Waals surface area contributed by atoms with Gasteiger partial charge in [-0.25, -0.2) is 0 Å². The van der Waals surface area contributed by atoms with Gasteiger partial charge in [-0.2, -0.15) is 5.10 Å². The summed E-state index contributed by atoms with van der Waals surface area (Å²) in [5, 5.41) is 7.13. The minimum Gasteiger partial charge on any atom is -0.497 e. The number of aryl methyl sites for hydroxylation is 1. The number of ether oxygens (including phenoxy) is 1. The van der Waals surface area contributed by atoms with Crippen LogP contribution in [0.5, 0.6) is 5.75 Å². The third-order valence-electron chi connectivity index (χ3n) is 5.80. The third kappa shape index (κ3) is 5.31. The van der Waals surface area contributed by atoms with Crippen LogP contribution in [0.15, 0.2) is 48.5 Å². The molecule has 0 aliphatic carbocycles. The average Bonchev–Trinajstić information content (AvgIpc) is 3.19. The molecule has 1 saturated heterocycles. The van der Waals surface area contributed by atoms with E-state index < -0.39 is 0 Å². The second-order valence-corrected chi connectivity index (χ2v) is 8.48. The molecular weight excluding hydrogens is 438 g/mol. The number of aromatic amines is 1. The van der Waals surface area contributed by atoms with Gasteiger partial charge in [0.25, 0.3) is 0 Å². The van der Waals surface area contributed by atoms with Crippen LogP contribution in [0, 0.1) is 11.7 Å². The van der Waals surface area contributed by atoms with Crippen LogP contribution in [0.3, 0.4) is 0 Å². The fourth-order valence-electron chi connectivity index (χ4n) is 3.98. The Morgan fingerprint density at radius 2 is 1.73 bits per heavy atom. The summed E-state index contributed by atoms with van der Waals surface area (Å²) in [6.07, 6.45) is 0.315. The van der Waals surface area contributed by atoms with Crippen LogP contribution in [0.1, 0.15) is 11.1 Å². The van der Waals surface area contributed by atoms with E-state index in [0.717, 1.165) is 22.4 Å². The van der Waals surface area contributed by atoms with Gasteiger partial charge in [0.15, 0.2) is 10.6 Å². The molecule has 2 heterocycles. The minimum absolute atomic E-state index is 0.0405. The van der Waals surface area contributed by atoms with Crippen LogP contribution >= 0.6 is 12.2 Å². The Kier molecular flexibility index (Phi) is 6.88. The molecule has 2 aromatic carbocycles. The van der Waals surface area contributed by atoms with E-state index in [1.165, 1.54) is 0 Å². The Labute approximate surface area is 197 Å². The molecule has 9 heteroatoms. The molecule has 33 heavy (non-hydrogen) atoms. The molecule has 8 nitrogen and oxygen atoms in total. The van der Waals surface area contributed by atoms with E-state index in [1.54, 1.807) is 16.6 Å². The molecule has 1 fully saturated rings. The number of hydrogen-bond donors (Lipinski definition) is 1. The number of carbonyl (C=O) groups is 2. The standard InChI is InChI=1S/C24H27N5O3S/c1-17-5-3-7-19(13-17)23-25-26-24(33)29(23)16-22(31)28-11-9-27(10-12-28)21(30)15-18-6-4-8-20(14-18)32-2/h3-8,13-14H,9-12,15-16H2,1-2H3,(H,26,33). The first-order valence-electron chi connectivity index (χ1n) is 10.9. The lowest BCUT2D eigenvalue weighted by atomic mass is 10.1. The Bertz CT molecular complexity index is 1210. The predicted molar refractivity (Wildman–Crippen MR) is 127 cm³/mol. The molecule has 172 valence electrons. The van der Waals surface area contributed by atoms with Gasteiger partial charge >= 0.3 is 0 Å². The van der Waals surface area contributed by atoms with Crippen molar-refractivity contribution >= 4 is 24.0 Å². The van der Waals surface area contributed by atoms with E-state index in [1.807, 2.05) is 60.4 Å². The molecule has 1 aromatic heterocycles. The number of piperazine rings is 1. The Balaban J connectivity index is 1.36. The summed E-state index contributed by atoms with van der Waals surface area (Å²) in [6, 6.07) is 15.5. The van der Waals surface area contributed by atoms with Crippen molar-refractivity contribution in [2.75, 3.05) is 33.3 Å². The monoisotopic (exact) mass is 465 g/mol. The molecule has 2 amide bonds. The highest BCUT2D eigenvalue weighted by Crippen LogP contribution is 2.19. The molecule has 3 aromatic rings. The molecule has 0 unspecified atom stereocenters. The second kappa shape index (κ2) is 9.99. The van der Waals surface area contributed by atoms with E-state index in [0.29, 0.717) is 43.2 Å². The van der Waals surface area contributed by atoms with Crippen LogP contribution in [-0.4, -0.2) is 69.7 Å². The number of carbonyl (C=O) groups excluding carboxylic acids is 2. The summed E-state index contributed by atoms with van der Waals surface area (Å²) < 4.78 is 7.37. The van der Waals surface area contributed by atoms with Gasteiger partial charge in [0.05, 0.1) is 13.5 Å². The zero-order valence-electron chi connectivity index (χ0n) is 18.8. The molecule has 0 atom stereocenters. The predicted octanol–water partition coefficient (Wildman–Crippen LogP) is 2.84. The number of hydrogen-bond acceptors (Lipinski definition) is 5. The number of nitrogens with one attached hydrogen (secondary N) is 1. The zero-order valence-corrected chi connectivity index (χ0v) is 19.6. The first kappa shape index (κ1) is 22.7. The van der Waals surface area contributed by atoms with E-state index in [2.05, 4.69) is 10.2 Å². The maximum Gasteiger partial charge on any atom is 0.242 e. The van der Waals surface area contributed by atoms with Crippen molar-refractivity contribution in [1.29, 1.82) is 0 Å². The van der Waals surface area contributed by atoms with Crippen LogP contribution in [0.2, 0.25) is 0 Å². The van der Waals surface area contributed by atoms with Gasteiger partial charge in [0, 0.05) is 31.7 Å². The molecule has 0 saturated carbocycles. The molecule has 4 rings (SSSR count). The van der Waals surface area contributed by atoms with Gasteiger partial charge in [-0.1, -0.05) is 35.9 Å². The van der Waals surface area contributed by atoms with Gasteiger partial charge in [-0.05, 0) is 42.9 Å². The lowest BCUT2D eigenvalue weighted by molar-refractivity contribution is -0.139. The van der Waals surface area contributed by atoms with Crippen molar-refractivity contribution in [1.82, 2.24) is 24.6 Å². The average molecular weight is 466 g/mol. The van der Waals surface area contributed by atoms with E-state index in [9.17, 15) is 9.59 Å². The van der Waals surface area contributed by atoms with Crippen molar-refractivity contribution in [2.24, 2.45) is 0 Å². The Morgan fingerprint density at radius 1 is 1.03 bits per heavy atom. The summed E-state index contributed by atoms with van der Waals surface area (Å²) in [5.74, 6) is 1.39. The van der Waals surface area contributed by atoms with Gasteiger partial charge in [0.1, 0.15) is 12.3 Å². The third-order valence-corrected chi connectivity index (χ3v) is 6.11. The van der Waals surface area contributed by atoms with Crippen LogP contribution in [0.4, 0.5) is 0 Å². The van der Waals surface area contributed by atoms with Crippen molar-refractivity contribution in [3.8, 4) is 17.1 Å². The highest BCUT2D eigenvalue weighted by atomic mass is 32.1. The van der Waals surface area contributed by atoms with Gasteiger partial charge in [0.2, 0.25) is 11.8 Å². The number of aromatic nitrogens is 3. The quantitative estimate of drug-likeness (QED) is 0.566. The Hall–Kier alpha value is -3.46. The normalized spacial score (nSPS) is 13.8. The smallest absolute Gasteiger partial charge is 0.242 e. The maximum absolute atomic E-state index is 13.0. The largest absolute Gasteiger partial charge is 0.497 e. The van der Waals surface area contributed by atoms with Gasteiger partial charge < -0.3 is 14.5 Å².